The zero-order valence-corrected chi connectivity index (χ0v) is 12.7. The summed E-state index contributed by atoms with van der Waals surface area (Å²) in [4.78, 5) is 27.0. The van der Waals surface area contributed by atoms with Crippen molar-refractivity contribution in [2.24, 2.45) is 0 Å². The van der Waals surface area contributed by atoms with Crippen LogP contribution < -0.4 is 9.47 Å². The average molecular weight is 314 g/mol. The Morgan fingerprint density at radius 3 is 2.50 bits per heavy atom. The van der Waals surface area contributed by atoms with E-state index >= 15 is 0 Å². The molecule has 1 aromatic rings. The van der Waals surface area contributed by atoms with E-state index in [0.717, 1.165) is 0 Å². The second kappa shape index (κ2) is 8.18. The number of rotatable bonds is 9. The molecule has 0 saturated heterocycles. The minimum Gasteiger partial charge on any atom is -0.493 e. The molecule has 0 fully saturated rings. The van der Waals surface area contributed by atoms with Gasteiger partial charge < -0.3 is 19.7 Å². The van der Waals surface area contributed by atoms with E-state index in [0.29, 0.717) is 17.7 Å². The largest absolute Gasteiger partial charge is 0.493 e. The molecule has 122 valence electrons. The monoisotopic (exact) mass is 314 g/mol. The van der Waals surface area contributed by atoms with E-state index in [1.54, 1.807) is 0 Å². The number of benzene rings is 1. The molecule has 0 aliphatic carbocycles. The SMILES string of the molecule is COc1cc(C(C)O)c([N+](=O)OC)cc1OCCCC(=O)O. The van der Waals surface area contributed by atoms with Crippen molar-refractivity contribution in [3.8, 4) is 11.5 Å². The quantitative estimate of drug-likeness (QED) is 0.530. The van der Waals surface area contributed by atoms with Crippen LogP contribution >= 0.6 is 0 Å². The van der Waals surface area contributed by atoms with Crippen LogP contribution in [0.15, 0.2) is 12.1 Å². The van der Waals surface area contributed by atoms with Gasteiger partial charge in [0, 0.05) is 6.42 Å². The minimum atomic E-state index is -0.911. The van der Waals surface area contributed by atoms with Crippen molar-refractivity contribution in [3.05, 3.63) is 22.6 Å². The Morgan fingerprint density at radius 2 is 2.00 bits per heavy atom. The number of hydrogen-bond acceptors (Lipinski definition) is 6. The molecular formula is C14H20NO7+. The molecule has 1 aromatic carbocycles. The molecule has 0 spiro atoms. The Bertz CT molecular complexity index is 542. The zero-order valence-electron chi connectivity index (χ0n) is 12.7. The first kappa shape index (κ1) is 17.7. The summed E-state index contributed by atoms with van der Waals surface area (Å²) in [6, 6.07) is 2.87. The fourth-order valence-electron chi connectivity index (χ4n) is 1.83. The van der Waals surface area contributed by atoms with Crippen molar-refractivity contribution in [1.82, 2.24) is 0 Å². The topological polar surface area (TPSA) is 105 Å². The van der Waals surface area contributed by atoms with Crippen LogP contribution in [-0.2, 0) is 9.63 Å². The molecule has 0 amide bonds. The molecule has 1 rings (SSSR count). The Balaban J connectivity index is 3.04. The van der Waals surface area contributed by atoms with Crippen LogP contribution in [0.4, 0.5) is 5.69 Å². The highest BCUT2D eigenvalue weighted by Crippen LogP contribution is 2.37. The minimum absolute atomic E-state index is 0.0211. The van der Waals surface area contributed by atoms with Gasteiger partial charge in [-0.1, -0.05) is 0 Å². The molecular weight excluding hydrogens is 294 g/mol. The fourth-order valence-corrected chi connectivity index (χ4v) is 1.83. The second-order valence-corrected chi connectivity index (χ2v) is 4.52. The van der Waals surface area contributed by atoms with Gasteiger partial charge in [-0.25, -0.2) is 4.84 Å². The summed E-state index contributed by atoms with van der Waals surface area (Å²) in [6.07, 6.45) is -0.610. The van der Waals surface area contributed by atoms with Gasteiger partial charge in [-0.15, -0.1) is 0 Å². The maximum Gasteiger partial charge on any atom is 0.326 e. The van der Waals surface area contributed by atoms with Crippen molar-refractivity contribution >= 4 is 11.7 Å². The summed E-state index contributed by atoms with van der Waals surface area (Å²) in [5.74, 6) is -0.310. The van der Waals surface area contributed by atoms with E-state index in [2.05, 4.69) is 4.84 Å². The lowest BCUT2D eigenvalue weighted by Crippen LogP contribution is -2.07. The van der Waals surface area contributed by atoms with E-state index in [1.165, 1.54) is 33.3 Å². The van der Waals surface area contributed by atoms with E-state index in [1.807, 2.05) is 0 Å². The lowest BCUT2D eigenvalue weighted by Gasteiger charge is -2.13. The molecule has 0 heterocycles. The van der Waals surface area contributed by atoms with E-state index in [9.17, 15) is 14.8 Å². The van der Waals surface area contributed by atoms with Gasteiger partial charge >= 0.3 is 11.7 Å². The smallest absolute Gasteiger partial charge is 0.326 e. The number of nitrogens with zero attached hydrogens (tertiary/aromatic N) is 1. The Kier molecular flexibility index (Phi) is 6.58. The van der Waals surface area contributed by atoms with Crippen LogP contribution in [-0.4, -0.2) is 41.9 Å². The molecule has 1 atom stereocenters. The van der Waals surface area contributed by atoms with E-state index in [-0.39, 0.29) is 29.4 Å². The molecule has 2 N–H and O–H groups in total. The predicted molar refractivity (Wildman–Crippen MR) is 76.3 cm³/mol. The number of ether oxygens (including phenoxy) is 2. The van der Waals surface area contributed by atoms with Crippen LogP contribution in [0.1, 0.15) is 31.4 Å². The van der Waals surface area contributed by atoms with Crippen LogP contribution in [0.25, 0.3) is 0 Å². The molecule has 0 bridgehead atoms. The molecule has 0 aliphatic rings. The van der Waals surface area contributed by atoms with Gasteiger partial charge in [0.25, 0.3) is 4.92 Å². The fraction of sp³-hybridized carbons (Fsp3) is 0.500. The van der Waals surface area contributed by atoms with Crippen molar-refractivity contribution in [1.29, 1.82) is 0 Å². The third kappa shape index (κ3) is 4.59. The van der Waals surface area contributed by atoms with Crippen molar-refractivity contribution in [2.75, 3.05) is 20.8 Å². The third-order valence-corrected chi connectivity index (χ3v) is 2.92. The maximum absolute atomic E-state index is 11.7. The molecule has 1 unspecified atom stereocenters. The molecule has 8 nitrogen and oxygen atoms in total. The summed E-state index contributed by atoms with van der Waals surface area (Å²) in [6.45, 7) is 1.66. The highest BCUT2D eigenvalue weighted by Gasteiger charge is 2.27. The van der Waals surface area contributed by atoms with Crippen molar-refractivity contribution in [3.63, 3.8) is 0 Å². The normalized spacial score (nSPS) is 11.6. The lowest BCUT2D eigenvalue weighted by atomic mass is 10.1. The number of hydrogen-bond donors (Lipinski definition) is 2. The highest BCUT2D eigenvalue weighted by atomic mass is 16.8. The lowest BCUT2D eigenvalue weighted by molar-refractivity contribution is -0.737. The summed E-state index contributed by atoms with van der Waals surface area (Å²) in [5, 5.41) is 18.3. The first-order chi connectivity index (χ1) is 10.4. The molecule has 0 aromatic heterocycles. The Morgan fingerprint density at radius 1 is 1.32 bits per heavy atom. The molecule has 0 aliphatic heterocycles. The standard InChI is InChI=1S/C14H19NO7/c1-9(16)10-7-12(20-2)13(8-11(10)15(19)21-3)22-6-4-5-14(17)18/h7-9,16H,4-6H2,1-3H3/p+1. The van der Waals surface area contributed by atoms with Gasteiger partial charge in [-0.05, 0) is 19.4 Å². The van der Waals surface area contributed by atoms with Crippen molar-refractivity contribution < 1.29 is 34.2 Å². The van der Waals surface area contributed by atoms with Crippen LogP contribution in [0, 0.1) is 4.91 Å². The highest BCUT2D eigenvalue weighted by molar-refractivity contribution is 5.66. The van der Waals surface area contributed by atoms with E-state index in [4.69, 9.17) is 14.6 Å². The van der Waals surface area contributed by atoms with Gasteiger partial charge in [0.2, 0.25) is 0 Å². The van der Waals surface area contributed by atoms with Crippen LogP contribution in [0.5, 0.6) is 11.5 Å². The number of aliphatic hydroxyl groups is 1. The van der Waals surface area contributed by atoms with Gasteiger partial charge in [0.1, 0.15) is 0 Å². The molecule has 8 heteroatoms. The number of aliphatic carboxylic acids is 1. The first-order valence-corrected chi connectivity index (χ1v) is 6.66. The summed E-state index contributed by atoms with van der Waals surface area (Å²) >= 11 is 0. The number of aliphatic hydroxyl groups excluding tert-OH is 1. The second-order valence-electron chi connectivity index (χ2n) is 4.52. The zero-order chi connectivity index (χ0) is 16.7. The van der Waals surface area contributed by atoms with Gasteiger partial charge in [-0.2, -0.15) is 0 Å². The van der Waals surface area contributed by atoms with Gasteiger partial charge in [-0.3, -0.25) is 4.79 Å². The van der Waals surface area contributed by atoms with Gasteiger partial charge in [0.15, 0.2) is 18.6 Å². The number of carboxylic acids is 1. The van der Waals surface area contributed by atoms with Gasteiger partial charge in [0.05, 0.1) is 36.4 Å². The number of methoxy groups -OCH3 is 1. The molecule has 22 heavy (non-hydrogen) atoms. The Hall–Kier alpha value is -2.35. The number of carboxylic acid groups (broad SMARTS) is 1. The summed E-state index contributed by atoms with van der Waals surface area (Å²) in [5.41, 5.74) is 0.415. The maximum atomic E-state index is 11.7. The van der Waals surface area contributed by atoms with Crippen molar-refractivity contribution in [2.45, 2.75) is 25.9 Å². The molecule has 0 radical (unpaired) electrons. The molecule has 0 saturated carbocycles. The van der Waals surface area contributed by atoms with Crippen LogP contribution in [0.2, 0.25) is 0 Å². The van der Waals surface area contributed by atoms with E-state index < -0.39 is 12.1 Å². The Labute approximate surface area is 127 Å². The third-order valence-electron chi connectivity index (χ3n) is 2.92. The predicted octanol–water partition coefficient (Wildman–Crippen LogP) is 1.96. The summed E-state index contributed by atoms with van der Waals surface area (Å²) in [7, 11) is 2.63. The summed E-state index contributed by atoms with van der Waals surface area (Å²) < 4.78 is 10.6. The van der Waals surface area contributed by atoms with Crippen LogP contribution in [0.3, 0.4) is 0 Å². The average Bonchev–Trinajstić information content (AvgIpc) is 2.49. The number of carbonyl (C=O) groups is 1. The first-order valence-electron chi connectivity index (χ1n) is 6.66.